The summed E-state index contributed by atoms with van der Waals surface area (Å²) in [6.07, 6.45) is 0.0201. The number of carbonyl (C=O) groups is 1. The molecule has 0 spiro atoms. The topological polar surface area (TPSA) is 92.9 Å². The predicted molar refractivity (Wildman–Crippen MR) is 68.2 cm³/mol. The summed E-state index contributed by atoms with van der Waals surface area (Å²) >= 11 is 1.09. The monoisotopic (exact) mass is 286 g/mol. The summed E-state index contributed by atoms with van der Waals surface area (Å²) in [5.74, 6) is -0.864. The summed E-state index contributed by atoms with van der Waals surface area (Å²) in [7, 11) is 0. The van der Waals surface area contributed by atoms with Crippen molar-refractivity contribution in [1.29, 1.82) is 0 Å². The molecule has 8 heteroatoms. The molecule has 1 aliphatic heterocycles. The Kier molecular flexibility index (Phi) is 4.46. The largest absolute Gasteiger partial charge is 0.481 e. The number of hydrogen-bond donors (Lipinski definition) is 1. The normalized spacial score (nSPS) is 20.3. The van der Waals surface area contributed by atoms with Crippen LogP contribution in [0, 0.1) is 10.1 Å². The molecule has 0 radical (unpaired) electrons. The summed E-state index contributed by atoms with van der Waals surface area (Å²) in [6.45, 7) is 2.11. The molecule has 1 aromatic rings. The van der Waals surface area contributed by atoms with Crippen molar-refractivity contribution in [2.75, 3.05) is 19.8 Å². The van der Waals surface area contributed by atoms with Crippen LogP contribution in [-0.2, 0) is 16.1 Å². The molecular formula is C11H14N2O5S. The highest BCUT2D eigenvalue weighted by atomic mass is 32.1. The van der Waals surface area contributed by atoms with E-state index < -0.39 is 10.9 Å². The third-order valence-corrected chi connectivity index (χ3v) is 3.89. The summed E-state index contributed by atoms with van der Waals surface area (Å²) in [5.41, 5.74) is 0.842. The maximum absolute atomic E-state index is 10.8. The van der Waals surface area contributed by atoms with E-state index in [1.165, 1.54) is 6.07 Å². The third-order valence-electron chi connectivity index (χ3n) is 2.97. The van der Waals surface area contributed by atoms with E-state index in [-0.39, 0.29) is 17.5 Å². The minimum Gasteiger partial charge on any atom is -0.481 e. The number of carboxylic acids is 1. The van der Waals surface area contributed by atoms with Gasteiger partial charge in [0.05, 0.1) is 24.6 Å². The van der Waals surface area contributed by atoms with E-state index in [1.807, 2.05) is 4.90 Å². The molecule has 1 fully saturated rings. The van der Waals surface area contributed by atoms with Crippen LogP contribution in [0.2, 0.25) is 0 Å². The Morgan fingerprint density at radius 2 is 2.47 bits per heavy atom. The molecular weight excluding hydrogens is 272 g/mol. The zero-order valence-corrected chi connectivity index (χ0v) is 11.0. The van der Waals surface area contributed by atoms with E-state index >= 15 is 0 Å². The van der Waals surface area contributed by atoms with Gasteiger partial charge in [-0.25, -0.2) is 0 Å². The summed E-state index contributed by atoms with van der Waals surface area (Å²) < 4.78 is 5.28. The van der Waals surface area contributed by atoms with Gasteiger partial charge in [-0.3, -0.25) is 19.8 Å². The summed E-state index contributed by atoms with van der Waals surface area (Å²) in [4.78, 5) is 23.0. The second-order valence-electron chi connectivity index (χ2n) is 4.35. The molecule has 1 N–H and O–H groups in total. The van der Waals surface area contributed by atoms with Crippen LogP contribution < -0.4 is 0 Å². The number of ether oxygens (including phenoxy) is 1. The first-order chi connectivity index (χ1) is 9.06. The summed E-state index contributed by atoms with van der Waals surface area (Å²) in [5, 5.41) is 21.3. The lowest BCUT2D eigenvalue weighted by molar-refractivity contribution is -0.380. The van der Waals surface area contributed by atoms with Crippen molar-refractivity contribution in [2.45, 2.75) is 19.0 Å². The van der Waals surface area contributed by atoms with E-state index in [9.17, 15) is 14.9 Å². The Labute approximate surface area is 113 Å². The van der Waals surface area contributed by atoms with Gasteiger partial charge in [-0.2, -0.15) is 0 Å². The van der Waals surface area contributed by atoms with Crippen LogP contribution >= 0.6 is 11.3 Å². The van der Waals surface area contributed by atoms with Crippen LogP contribution in [0.5, 0.6) is 0 Å². The maximum Gasteiger partial charge on any atom is 0.324 e. The Balaban J connectivity index is 2.01. The number of thiophene rings is 1. The lowest BCUT2D eigenvalue weighted by Crippen LogP contribution is -2.45. The fourth-order valence-corrected chi connectivity index (χ4v) is 2.78. The van der Waals surface area contributed by atoms with Gasteiger partial charge in [-0.1, -0.05) is 11.3 Å². The number of nitro groups is 1. The number of rotatable bonds is 5. The SMILES string of the molecule is O=C(O)CC1COCCN1Cc1csc([N+](=O)[O-])c1. The van der Waals surface area contributed by atoms with Gasteiger partial charge in [0.2, 0.25) is 0 Å². The molecule has 0 bridgehead atoms. The minimum absolute atomic E-state index is 0.0201. The number of aliphatic carboxylic acids is 1. The van der Waals surface area contributed by atoms with Gasteiger partial charge in [-0.15, -0.1) is 0 Å². The maximum atomic E-state index is 10.8. The van der Waals surface area contributed by atoms with Crippen molar-refractivity contribution in [3.05, 3.63) is 27.1 Å². The molecule has 1 aliphatic rings. The van der Waals surface area contributed by atoms with Crippen LogP contribution in [0.25, 0.3) is 0 Å². The first-order valence-electron chi connectivity index (χ1n) is 5.81. The zero-order chi connectivity index (χ0) is 13.8. The zero-order valence-electron chi connectivity index (χ0n) is 10.2. The number of nitrogens with zero attached hydrogens (tertiary/aromatic N) is 2. The fourth-order valence-electron chi connectivity index (χ4n) is 2.06. The standard InChI is InChI=1S/C11H14N2O5S/c14-11(15)4-9-6-18-2-1-12(9)5-8-3-10(13(16)17)19-7-8/h3,7,9H,1-2,4-6H2,(H,14,15). The van der Waals surface area contributed by atoms with Crippen molar-refractivity contribution in [3.8, 4) is 0 Å². The molecule has 19 heavy (non-hydrogen) atoms. The number of hydrogen-bond acceptors (Lipinski definition) is 6. The second-order valence-corrected chi connectivity index (χ2v) is 5.24. The van der Waals surface area contributed by atoms with Crippen LogP contribution in [0.3, 0.4) is 0 Å². The molecule has 0 saturated carbocycles. The lowest BCUT2D eigenvalue weighted by atomic mass is 10.1. The highest BCUT2D eigenvalue weighted by molar-refractivity contribution is 7.13. The minimum atomic E-state index is -0.864. The first kappa shape index (κ1) is 13.9. The molecule has 7 nitrogen and oxygen atoms in total. The molecule has 104 valence electrons. The molecule has 1 aromatic heterocycles. The second kappa shape index (κ2) is 6.09. The van der Waals surface area contributed by atoms with Crippen molar-refractivity contribution < 1.29 is 19.6 Å². The van der Waals surface area contributed by atoms with Crippen LogP contribution in [-0.4, -0.2) is 46.7 Å². The van der Waals surface area contributed by atoms with Crippen molar-refractivity contribution in [2.24, 2.45) is 0 Å². The third kappa shape index (κ3) is 3.72. The Morgan fingerprint density at radius 1 is 1.68 bits per heavy atom. The molecule has 0 aromatic carbocycles. The smallest absolute Gasteiger partial charge is 0.324 e. The average molecular weight is 286 g/mol. The quantitative estimate of drug-likeness (QED) is 0.648. The fraction of sp³-hybridized carbons (Fsp3) is 0.545. The molecule has 1 saturated heterocycles. The van der Waals surface area contributed by atoms with E-state index in [0.717, 1.165) is 16.9 Å². The summed E-state index contributed by atoms with van der Waals surface area (Å²) in [6, 6.07) is 1.36. The van der Waals surface area contributed by atoms with Gasteiger partial charge < -0.3 is 9.84 Å². The molecule has 2 rings (SSSR count). The van der Waals surface area contributed by atoms with Crippen LogP contribution in [0.4, 0.5) is 5.00 Å². The van der Waals surface area contributed by atoms with Gasteiger partial charge in [0.25, 0.3) is 0 Å². The molecule has 1 unspecified atom stereocenters. The van der Waals surface area contributed by atoms with Crippen LogP contribution in [0.15, 0.2) is 11.4 Å². The van der Waals surface area contributed by atoms with Gasteiger partial charge in [0, 0.05) is 30.6 Å². The van der Waals surface area contributed by atoms with E-state index in [4.69, 9.17) is 9.84 Å². The highest BCUT2D eigenvalue weighted by Gasteiger charge is 2.26. The number of carboxylic acid groups (broad SMARTS) is 1. The lowest BCUT2D eigenvalue weighted by Gasteiger charge is -2.34. The highest BCUT2D eigenvalue weighted by Crippen LogP contribution is 2.25. The van der Waals surface area contributed by atoms with Gasteiger partial charge >= 0.3 is 11.0 Å². The van der Waals surface area contributed by atoms with Gasteiger partial charge in [0.15, 0.2) is 0 Å². The van der Waals surface area contributed by atoms with E-state index in [2.05, 4.69) is 0 Å². The predicted octanol–water partition coefficient (Wildman–Crippen LogP) is 1.33. The molecule has 0 amide bonds. The van der Waals surface area contributed by atoms with E-state index in [0.29, 0.717) is 26.3 Å². The van der Waals surface area contributed by atoms with Crippen molar-refractivity contribution in [1.82, 2.24) is 4.90 Å². The van der Waals surface area contributed by atoms with Crippen molar-refractivity contribution in [3.63, 3.8) is 0 Å². The van der Waals surface area contributed by atoms with Crippen molar-refractivity contribution >= 4 is 22.3 Å². The number of morpholine rings is 1. The average Bonchev–Trinajstić information content (AvgIpc) is 2.80. The van der Waals surface area contributed by atoms with Gasteiger partial charge in [0.1, 0.15) is 0 Å². The molecule has 1 atom stereocenters. The van der Waals surface area contributed by atoms with Gasteiger partial charge in [-0.05, 0) is 5.56 Å². The Hall–Kier alpha value is -1.51. The molecule has 0 aliphatic carbocycles. The Morgan fingerprint density at radius 3 is 3.11 bits per heavy atom. The molecule has 2 heterocycles. The first-order valence-corrected chi connectivity index (χ1v) is 6.69. The Bertz CT molecular complexity index is 475. The van der Waals surface area contributed by atoms with Crippen LogP contribution in [0.1, 0.15) is 12.0 Å². The van der Waals surface area contributed by atoms with E-state index in [1.54, 1.807) is 5.38 Å².